The van der Waals surface area contributed by atoms with E-state index in [0.717, 1.165) is 18.4 Å². The summed E-state index contributed by atoms with van der Waals surface area (Å²) in [5.41, 5.74) is 1.06. The Morgan fingerprint density at radius 2 is 1.63 bits per heavy atom. The summed E-state index contributed by atoms with van der Waals surface area (Å²) < 4.78 is 0. The Morgan fingerprint density at radius 1 is 1.00 bits per heavy atom. The molecule has 0 aliphatic carbocycles. The van der Waals surface area contributed by atoms with E-state index in [2.05, 4.69) is 17.6 Å². The second-order valence-electron chi connectivity index (χ2n) is 4.47. The van der Waals surface area contributed by atoms with Crippen molar-refractivity contribution in [3.05, 3.63) is 35.9 Å². The van der Waals surface area contributed by atoms with Crippen LogP contribution >= 0.6 is 0 Å². The molecule has 0 aliphatic rings. The van der Waals surface area contributed by atoms with Crippen molar-refractivity contribution in [3.8, 4) is 0 Å². The Hall–Kier alpha value is -1.84. The molecule has 1 aromatic rings. The van der Waals surface area contributed by atoms with E-state index in [1.54, 1.807) is 0 Å². The van der Waals surface area contributed by atoms with Crippen LogP contribution in [0.3, 0.4) is 0 Å². The Balaban J connectivity index is 2.12. The van der Waals surface area contributed by atoms with Crippen LogP contribution in [-0.4, -0.2) is 18.4 Å². The molecule has 19 heavy (non-hydrogen) atoms. The largest absolute Gasteiger partial charge is 0.356 e. The number of nitrogens with one attached hydrogen (secondary N) is 2. The zero-order valence-electron chi connectivity index (χ0n) is 11.4. The van der Waals surface area contributed by atoms with Crippen molar-refractivity contribution in [3.63, 3.8) is 0 Å². The summed E-state index contributed by atoms with van der Waals surface area (Å²) >= 11 is 0. The Bertz CT molecular complexity index is 390. The van der Waals surface area contributed by atoms with Gasteiger partial charge in [0.15, 0.2) is 0 Å². The van der Waals surface area contributed by atoms with Gasteiger partial charge in [-0.3, -0.25) is 9.59 Å². The molecule has 0 aromatic heterocycles. The number of rotatable bonds is 8. The van der Waals surface area contributed by atoms with E-state index in [1.165, 1.54) is 0 Å². The van der Waals surface area contributed by atoms with Crippen LogP contribution in [0.4, 0.5) is 0 Å². The summed E-state index contributed by atoms with van der Waals surface area (Å²) in [6, 6.07) is 9.72. The van der Waals surface area contributed by atoms with Crippen molar-refractivity contribution >= 4 is 11.8 Å². The van der Waals surface area contributed by atoms with Crippen LogP contribution in [0.2, 0.25) is 0 Å². The van der Waals surface area contributed by atoms with Gasteiger partial charge >= 0.3 is 0 Å². The van der Waals surface area contributed by atoms with E-state index < -0.39 is 0 Å². The van der Waals surface area contributed by atoms with Crippen molar-refractivity contribution in [1.29, 1.82) is 0 Å². The third-order valence-electron chi connectivity index (χ3n) is 2.76. The third-order valence-corrected chi connectivity index (χ3v) is 2.76. The van der Waals surface area contributed by atoms with Gasteiger partial charge in [-0.2, -0.15) is 0 Å². The second kappa shape index (κ2) is 9.14. The van der Waals surface area contributed by atoms with E-state index in [-0.39, 0.29) is 24.7 Å². The van der Waals surface area contributed by atoms with Crippen LogP contribution in [0.15, 0.2) is 30.3 Å². The van der Waals surface area contributed by atoms with E-state index >= 15 is 0 Å². The SMILES string of the molecule is CCCCNC(=O)CCC(=O)NCc1ccccc1. The highest BCUT2D eigenvalue weighted by molar-refractivity contribution is 5.83. The molecule has 1 rings (SSSR count). The molecule has 0 atom stereocenters. The Labute approximate surface area is 114 Å². The molecule has 4 nitrogen and oxygen atoms in total. The molecule has 0 fully saturated rings. The normalized spacial score (nSPS) is 9.95. The van der Waals surface area contributed by atoms with Gasteiger partial charge in [-0.25, -0.2) is 0 Å². The minimum Gasteiger partial charge on any atom is -0.356 e. The van der Waals surface area contributed by atoms with E-state index in [0.29, 0.717) is 13.1 Å². The Kier molecular flexibility index (Phi) is 7.32. The summed E-state index contributed by atoms with van der Waals surface area (Å²) in [7, 11) is 0. The number of amides is 2. The maximum absolute atomic E-state index is 11.6. The molecular weight excluding hydrogens is 240 g/mol. The van der Waals surface area contributed by atoms with Gasteiger partial charge in [-0.1, -0.05) is 43.7 Å². The van der Waals surface area contributed by atoms with Crippen molar-refractivity contribution in [2.75, 3.05) is 6.54 Å². The highest BCUT2D eigenvalue weighted by Crippen LogP contribution is 1.98. The lowest BCUT2D eigenvalue weighted by Crippen LogP contribution is -2.28. The summed E-state index contributed by atoms with van der Waals surface area (Å²) in [6.45, 7) is 3.28. The molecule has 0 heterocycles. The number of hydrogen-bond donors (Lipinski definition) is 2. The van der Waals surface area contributed by atoms with Gasteiger partial charge in [0.1, 0.15) is 0 Å². The van der Waals surface area contributed by atoms with Crippen LogP contribution in [-0.2, 0) is 16.1 Å². The van der Waals surface area contributed by atoms with E-state index in [1.807, 2.05) is 30.3 Å². The standard InChI is InChI=1S/C15H22N2O2/c1-2-3-11-16-14(18)9-10-15(19)17-12-13-7-5-4-6-8-13/h4-8H,2-3,9-12H2,1H3,(H,16,18)(H,17,19). The third kappa shape index (κ3) is 7.24. The highest BCUT2D eigenvalue weighted by Gasteiger charge is 2.05. The average Bonchev–Trinajstić information content (AvgIpc) is 2.44. The van der Waals surface area contributed by atoms with Gasteiger partial charge < -0.3 is 10.6 Å². The first kappa shape index (κ1) is 15.2. The smallest absolute Gasteiger partial charge is 0.220 e. The monoisotopic (exact) mass is 262 g/mol. The number of carbonyl (C=O) groups is 2. The van der Waals surface area contributed by atoms with Gasteiger partial charge in [0, 0.05) is 25.9 Å². The topological polar surface area (TPSA) is 58.2 Å². The van der Waals surface area contributed by atoms with Crippen LogP contribution < -0.4 is 10.6 Å². The fourth-order valence-electron chi connectivity index (χ4n) is 1.60. The van der Waals surface area contributed by atoms with Crippen LogP contribution in [0, 0.1) is 0 Å². The highest BCUT2D eigenvalue weighted by atomic mass is 16.2. The lowest BCUT2D eigenvalue weighted by Gasteiger charge is -2.06. The Morgan fingerprint density at radius 3 is 2.26 bits per heavy atom. The predicted octanol–water partition coefficient (Wildman–Crippen LogP) is 2.00. The maximum Gasteiger partial charge on any atom is 0.220 e. The van der Waals surface area contributed by atoms with Crippen LogP contribution in [0.1, 0.15) is 38.2 Å². The molecule has 0 unspecified atom stereocenters. The van der Waals surface area contributed by atoms with Crippen molar-refractivity contribution in [2.45, 2.75) is 39.2 Å². The molecule has 4 heteroatoms. The maximum atomic E-state index is 11.6. The first-order chi connectivity index (χ1) is 9.22. The predicted molar refractivity (Wildman–Crippen MR) is 75.4 cm³/mol. The van der Waals surface area contributed by atoms with Crippen molar-refractivity contribution in [2.24, 2.45) is 0 Å². The summed E-state index contributed by atoms with van der Waals surface area (Å²) in [4.78, 5) is 23.0. The van der Waals surface area contributed by atoms with Crippen LogP contribution in [0.5, 0.6) is 0 Å². The average molecular weight is 262 g/mol. The molecule has 0 aliphatic heterocycles. The fraction of sp³-hybridized carbons (Fsp3) is 0.467. The van der Waals surface area contributed by atoms with Crippen molar-refractivity contribution < 1.29 is 9.59 Å². The fourth-order valence-corrected chi connectivity index (χ4v) is 1.60. The summed E-state index contributed by atoms with van der Waals surface area (Å²) in [5.74, 6) is -0.141. The molecule has 1 aromatic carbocycles. The summed E-state index contributed by atoms with van der Waals surface area (Å²) in [5, 5.41) is 5.60. The van der Waals surface area contributed by atoms with Gasteiger partial charge in [0.05, 0.1) is 0 Å². The molecule has 0 radical (unpaired) electrons. The number of unbranched alkanes of at least 4 members (excludes halogenated alkanes) is 1. The first-order valence-corrected chi connectivity index (χ1v) is 6.79. The zero-order chi connectivity index (χ0) is 13.9. The van der Waals surface area contributed by atoms with E-state index in [4.69, 9.17) is 0 Å². The molecule has 2 amide bonds. The van der Waals surface area contributed by atoms with Gasteiger partial charge in [0.2, 0.25) is 11.8 Å². The molecule has 0 bridgehead atoms. The first-order valence-electron chi connectivity index (χ1n) is 6.79. The molecule has 0 saturated carbocycles. The van der Waals surface area contributed by atoms with Crippen LogP contribution in [0.25, 0.3) is 0 Å². The van der Waals surface area contributed by atoms with Gasteiger partial charge in [-0.05, 0) is 12.0 Å². The minimum absolute atomic E-state index is 0.0525. The molecule has 104 valence electrons. The van der Waals surface area contributed by atoms with Gasteiger partial charge in [0.25, 0.3) is 0 Å². The lowest BCUT2D eigenvalue weighted by atomic mass is 10.2. The zero-order valence-corrected chi connectivity index (χ0v) is 11.4. The number of benzene rings is 1. The molecule has 2 N–H and O–H groups in total. The number of carbonyl (C=O) groups excluding carboxylic acids is 2. The number of hydrogen-bond acceptors (Lipinski definition) is 2. The second-order valence-corrected chi connectivity index (χ2v) is 4.47. The molecule has 0 saturated heterocycles. The minimum atomic E-state index is -0.0884. The quantitative estimate of drug-likeness (QED) is 0.704. The summed E-state index contributed by atoms with van der Waals surface area (Å²) in [6.07, 6.45) is 2.53. The van der Waals surface area contributed by atoms with E-state index in [9.17, 15) is 9.59 Å². The molecule has 0 spiro atoms. The van der Waals surface area contributed by atoms with Gasteiger partial charge in [-0.15, -0.1) is 0 Å². The van der Waals surface area contributed by atoms with Crippen molar-refractivity contribution in [1.82, 2.24) is 10.6 Å². The lowest BCUT2D eigenvalue weighted by molar-refractivity contribution is -0.126. The molecular formula is C15H22N2O2.